The summed E-state index contributed by atoms with van der Waals surface area (Å²) in [4.78, 5) is 10.9. The molecule has 1 aromatic carbocycles. The van der Waals surface area contributed by atoms with E-state index in [0.717, 1.165) is 5.56 Å². The molecule has 0 atom stereocenters. The topological polar surface area (TPSA) is 26.3 Å². The summed E-state index contributed by atoms with van der Waals surface area (Å²) < 4.78 is 4.44. The summed E-state index contributed by atoms with van der Waals surface area (Å²) in [5.74, 6) is -0.482. The summed E-state index contributed by atoms with van der Waals surface area (Å²) in [6, 6.07) is 6.85. The van der Waals surface area contributed by atoms with Crippen molar-refractivity contribution in [3.05, 3.63) is 40.9 Å². The van der Waals surface area contributed by atoms with Crippen molar-refractivity contribution in [3.8, 4) is 0 Å². The Morgan fingerprint density at radius 2 is 1.93 bits per heavy atom. The molecule has 0 aliphatic rings. The number of hydrogen-bond acceptors (Lipinski definition) is 2. The van der Waals surface area contributed by atoms with Crippen molar-refractivity contribution in [2.24, 2.45) is 0 Å². The Balaban J connectivity index is 2.89. The molecule has 0 saturated heterocycles. The average molecular weight is 231 g/mol. The lowest BCUT2D eigenvalue weighted by Gasteiger charge is -1.98. The van der Waals surface area contributed by atoms with E-state index in [4.69, 9.17) is 23.2 Å². The summed E-state index contributed by atoms with van der Waals surface area (Å²) in [5, 5.41) is 0.949. The molecular weight excluding hydrogens is 223 g/mol. The van der Waals surface area contributed by atoms with Gasteiger partial charge in [-0.05, 0) is 17.7 Å². The molecule has 0 heterocycles. The Morgan fingerprint density at radius 1 is 1.36 bits per heavy atom. The minimum Gasteiger partial charge on any atom is -0.466 e. The van der Waals surface area contributed by atoms with Gasteiger partial charge in [0, 0.05) is 11.1 Å². The number of esters is 1. The van der Waals surface area contributed by atoms with E-state index in [-0.39, 0.29) is 0 Å². The molecule has 0 amide bonds. The van der Waals surface area contributed by atoms with E-state index >= 15 is 0 Å². The van der Waals surface area contributed by atoms with Crippen molar-refractivity contribution in [2.75, 3.05) is 7.11 Å². The van der Waals surface area contributed by atoms with Crippen LogP contribution in [0.1, 0.15) is 5.56 Å². The van der Waals surface area contributed by atoms with Crippen LogP contribution in [0.4, 0.5) is 0 Å². The van der Waals surface area contributed by atoms with Crippen LogP contribution < -0.4 is 0 Å². The minimum absolute atomic E-state index is 0.327. The second-order valence-corrected chi connectivity index (χ2v) is 3.37. The lowest BCUT2D eigenvalue weighted by Crippen LogP contribution is -1.94. The molecule has 2 nitrogen and oxygen atoms in total. The summed E-state index contributed by atoms with van der Waals surface area (Å²) in [6.07, 6.45) is 1.21. The van der Waals surface area contributed by atoms with Crippen LogP contribution in [0.5, 0.6) is 0 Å². The van der Waals surface area contributed by atoms with Crippen LogP contribution >= 0.6 is 23.2 Å². The quantitative estimate of drug-likeness (QED) is 0.577. The highest BCUT2D eigenvalue weighted by Crippen LogP contribution is 2.20. The van der Waals surface area contributed by atoms with E-state index in [1.165, 1.54) is 13.2 Å². The van der Waals surface area contributed by atoms with Gasteiger partial charge >= 0.3 is 5.97 Å². The Bertz CT molecular complexity index is 355. The van der Waals surface area contributed by atoms with Gasteiger partial charge in [0.05, 0.1) is 12.1 Å². The Morgan fingerprint density at radius 3 is 2.43 bits per heavy atom. The van der Waals surface area contributed by atoms with Crippen LogP contribution in [0.3, 0.4) is 0 Å². The predicted molar refractivity (Wildman–Crippen MR) is 57.3 cm³/mol. The summed E-state index contributed by atoms with van der Waals surface area (Å²) in [5.41, 5.74) is 0.724. The second kappa shape index (κ2) is 5.03. The normalized spacial score (nSPS) is 11.2. The number of carbonyl (C=O) groups is 1. The fourth-order valence-corrected chi connectivity index (χ4v) is 1.20. The molecule has 1 aromatic rings. The molecule has 1 rings (SSSR count). The Hall–Kier alpha value is -0.990. The number of halogens is 2. The van der Waals surface area contributed by atoms with Gasteiger partial charge in [-0.3, -0.25) is 0 Å². The second-order valence-electron chi connectivity index (χ2n) is 2.52. The van der Waals surface area contributed by atoms with Gasteiger partial charge < -0.3 is 4.74 Å². The maximum absolute atomic E-state index is 10.9. The van der Waals surface area contributed by atoms with E-state index in [1.54, 1.807) is 24.3 Å². The van der Waals surface area contributed by atoms with Crippen LogP contribution in [0, 0.1) is 0 Å². The molecule has 0 fully saturated rings. The van der Waals surface area contributed by atoms with Crippen molar-refractivity contribution < 1.29 is 9.53 Å². The van der Waals surface area contributed by atoms with Crippen LogP contribution in [-0.2, 0) is 9.53 Å². The Labute approximate surface area is 92.1 Å². The van der Waals surface area contributed by atoms with Crippen molar-refractivity contribution in [2.45, 2.75) is 0 Å². The zero-order valence-corrected chi connectivity index (χ0v) is 8.97. The van der Waals surface area contributed by atoms with Gasteiger partial charge in [-0.2, -0.15) is 0 Å². The molecule has 0 aliphatic heterocycles. The van der Waals surface area contributed by atoms with Crippen molar-refractivity contribution in [3.63, 3.8) is 0 Å². The van der Waals surface area contributed by atoms with Gasteiger partial charge in [-0.25, -0.2) is 4.79 Å². The van der Waals surface area contributed by atoms with E-state index in [9.17, 15) is 4.79 Å². The zero-order valence-electron chi connectivity index (χ0n) is 7.46. The number of rotatable bonds is 2. The summed E-state index contributed by atoms with van der Waals surface area (Å²) in [7, 11) is 1.30. The minimum atomic E-state index is -0.482. The molecular formula is C10H8Cl2O2. The first-order valence-electron chi connectivity index (χ1n) is 3.84. The highest BCUT2D eigenvalue weighted by atomic mass is 35.5. The van der Waals surface area contributed by atoms with Crippen LogP contribution in [0.15, 0.2) is 30.3 Å². The highest BCUT2D eigenvalue weighted by molar-refractivity contribution is 6.50. The summed E-state index contributed by atoms with van der Waals surface area (Å²) in [6.45, 7) is 0. The molecule has 0 spiro atoms. The SMILES string of the molecule is COC(=O)/C=C(/Cl)c1ccc(Cl)cc1. The third-order valence-corrected chi connectivity index (χ3v) is 2.15. The smallest absolute Gasteiger partial charge is 0.331 e. The van der Waals surface area contributed by atoms with Crippen molar-refractivity contribution >= 4 is 34.2 Å². The van der Waals surface area contributed by atoms with Gasteiger partial charge in [0.15, 0.2) is 0 Å². The molecule has 74 valence electrons. The molecule has 14 heavy (non-hydrogen) atoms. The third-order valence-electron chi connectivity index (χ3n) is 1.57. The van der Waals surface area contributed by atoms with Crippen molar-refractivity contribution in [1.82, 2.24) is 0 Å². The number of methoxy groups -OCH3 is 1. The predicted octanol–water partition coefficient (Wildman–Crippen LogP) is 3.09. The molecule has 0 unspecified atom stereocenters. The fraction of sp³-hybridized carbons (Fsp3) is 0.100. The first-order chi connectivity index (χ1) is 6.63. The van der Waals surface area contributed by atoms with E-state index < -0.39 is 5.97 Å². The van der Waals surface area contributed by atoms with Gasteiger partial charge in [0.25, 0.3) is 0 Å². The summed E-state index contributed by atoms with van der Waals surface area (Å²) >= 11 is 11.5. The highest BCUT2D eigenvalue weighted by Gasteiger charge is 2.01. The van der Waals surface area contributed by atoms with E-state index in [1.807, 2.05) is 0 Å². The van der Waals surface area contributed by atoms with Crippen LogP contribution in [-0.4, -0.2) is 13.1 Å². The number of ether oxygens (including phenoxy) is 1. The molecule has 0 N–H and O–H groups in total. The molecule has 4 heteroatoms. The maximum atomic E-state index is 10.9. The first kappa shape index (κ1) is 11.1. The maximum Gasteiger partial charge on any atom is 0.331 e. The van der Waals surface area contributed by atoms with Gasteiger partial charge in [-0.15, -0.1) is 0 Å². The van der Waals surface area contributed by atoms with E-state index in [2.05, 4.69) is 4.74 Å². The standard InChI is InChI=1S/C10H8Cl2O2/c1-14-10(13)6-9(12)7-2-4-8(11)5-3-7/h2-6H,1H3/b9-6+. The largest absolute Gasteiger partial charge is 0.466 e. The first-order valence-corrected chi connectivity index (χ1v) is 4.60. The number of hydrogen-bond donors (Lipinski definition) is 0. The van der Waals surface area contributed by atoms with Gasteiger partial charge in [0.1, 0.15) is 0 Å². The van der Waals surface area contributed by atoms with Crippen LogP contribution in [0.25, 0.3) is 5.03 Å². The molecule has 0 aromatic heterocycles. The third kappa shape index (κ3) is 3.05. The van der Waals surface area contributed by atoms with E-state index in [0.29, 0.717) is 10.1 Å². The van der Waals surface area contributed by atoms with Crippen molar-refractivity contribution in [1.29, 1.82) is 0 Å². The average Bonchev–Trinajstić information content (AvgIpc) is 2.18. The lowest BCUT2D eigenvalue weighted by molar-refractivity contribution is -0.134. The number of benzene rings is 1. The zero-order chi connectivity index (χ0) is 10.6. The fourth-order valence-electron chi connectivity index (χ4n) is 0.855. The molecule has 0 aliphatic carbocycles. The monoisotopic (exact) mass is 230 g/mol. The molecule has 0 radical (unpaired) electrons. The number of carbonyl (C=O) groups excluding carboxylic acids is 1. The Kier molecular flexibility index (Phi) is 3.98. The lowest BCUT2D eigenvalue weighted by atomic mass is 10.2. The van der Waals surface area contributed by atoms with Crippen LogP contribution in [0.2, 0.25) is 5.02 Å². The molecule has 0 bridgehead atoms. The van der Waals surface area contributed by atoms with Gasteiger partial charge in [0.2, 0.25) is 0 Å². The van der Waals surface area contributed by atoms with Gasteiger partial charge in [-0.1, -0.05) is 35.3 Å². The molecule has 0 saturated carbocycles.